The maximum Gasteiger partial charge on any atom is 0.241 e. The minimum absolute atomic E-state index is 0.467. The molecule has 0 saturated heterocycles. The summed E-state index contributed by atoms with van der Waals surface area (Å²) in [7, 11) is 1.78. The lowest BCUT2D eigenvalue weighted by atomic mass is 10.2. The number of hydrogen-bond donors (Lipinski definition) is 2. The van der Waals surface area contributed by atoms with E-state index >= 15 is 0 Å². The average Bonchev–Trinajstić information content (AvgIpc) is 2.16. The maximum atomic E-state index is 10.5. The Morgan fingerprint density at radius 3 is 2.86 bits per heavy atom. The fraction of sp³-hybridized carbons (Fsp3) is 0.100. The van der Waals surface area contributed by atoms with Crippen LogP contribution in [0.25, 0.3) is 6.08 Å². The molecule has 74 valence electrons. The van der Waals surface area contributed by atoms with Crippen LogP contribution in [0.1, 0.15) is 5.56 Å². The highest BCUT2D eigenvalue weighted by atomic mass is 35.5. The van der Waals surface area contributed by atoms with Gasteiger partial charge in [-0.1, -0.05) is 17.7 Å². The van der Waals surface area contributed by atoms with Gasteiger partial charge in [-0.2, -0.15) is 0 Å². The van der Waals surface area contributed by atoms with E-state index in [0.29, 0.717) is 5.02 Å². The van der Waals surface area contributed by atoms with Gasteiger partial charge in [-0.05, 0) is 23.8 Å². The van der Waals surface area contributed by atoms with Crippen molar-refractivity contribution < 1.29 is 4.79 Å². The summed E-state index contributed by atoms with van der Waals surface area (Å²) in [6.07, 6.45) is 2.95. The van der Waals surface area contributed by atoms with Gasteiger partial charge < -0.3 is 11.1 Å². The van der Waals surface area contributed by atoms with Gasteiger partial charge in [-0.15, -0.1) is 0 Å². The molecule has 3 nitrogen and oxygen atoms in total. The van der Waals surface area contributed by atoms with Crippen LogP contribution < -0.4 is 11.1 Å². The molecule has 0 spiro atoms. The van der Waals surface area contributed by atoms with Crippen molar-refractivity contribution in [2.75, 3.05) is 12.4 Å². The molecule has 0 aliphatic rings. The number of carbonyl (C=O) groups excluding carboxylic acids is 1. The zero-order chi connectivity index (χ0) is 10.6. The monoisotopic (exact) mass is 210 g/mol. The maximum absolute atomic E-state index is 10.5. The first-order chi connectivity index (χ1) is 6.63. The minimum atomic E-state index is -0.467. The number of anilines is 1. The summed E-state index contributed by atoms with van der Waals surface area (Å²) < 4.78 is 0. The minimum Gasteiger partial charge on any atom is -0.387 e. The molecular weight excluding hydrogens is 200 g/mol. The van der Waals surface area contributed by atoms with Crippen LogP contribution >= 0.6 is 11.6 Å². The highest BCUT2D eigenvalue weighted by Gasteiger charge is 1.97. The number of amides is 1. The van der Waals surface area contributed by atoms with E-state index in [1.54, 1.807) is 19.2 Å². The SMILES string of the molecule is CNc1cc(/C=C/C(N)=O)ccc1Cl. The van der Waals surface area contributed by atoms with Crippen LogP contribution in [-0.2, 0) is 4.79 Å². The molecule has 14 heavy (non-hydrogen) atoms. The van der Waals surface area contributed by atoms with E-state index < -0.39 is 5.91 Å². The van der Waals surface area contributed by atoms with Crippen LogP contribution in [0.15, 0.2) is 24.3 Å². The summed E-state index contributed by atoms with van der Waals surface area (Å²) in [5.41, 5.74) is 6.66. The molecule has 3 N–H and O–H groups in total. The lowest BCUT2D eigenvalue weighted by molar-refractivity contribution is -0.113. The first-order valence-corrected chi connectivity index (χ1v) is 4.46. The van der Waals surface area contributed by atoms with E-state index in [0.717, 1.165) is 11.3 Å². The summed E-state index contributed by atoms with van der Waals surface area (Å²) in [4.78, 5) is 10.5. The molecule has 1 amide bonds. The number of nitrogens with one attached hydrogen (secondary N) is 1. The van der Waals surface area contributed by atoms with Crippen LogP contribution in [0.3, 0.4) is 0 Å². The van der Waals surface area contributed by atoms with Crippen LogP contribution in [-0.4, -0.2) is 13.0 Å². The van der Waals surface area contributed by atoms with E-state index in [9.17, 15) is 4.79 Å². The van der Waals surface area contributed by atoms with Crippen LogP contribution in [0, 0.1) is 0 Å². The van der Waals surface area contributed by atoms with Gasteiger partial charge in [0.15, 0.2) is 0 Å². The quantitative estimate of drug-likeness (QED) is 0.749. The molecule has 1 rings (SSSR count). The number of nitrogens with two attached hydrogens (primary N) is 1. The average molecular weight is 211 g/mol. The van der Waals surface area contributed by atoms with Crippen molar-refractivity contribution in [3.63, 3.8) is 0 Å². The summed E-state index contributed by atoms with van der Waals surface area (Å²) in [5.74, 6) is -0.467. The van der Waals surface area contributed by atoms with Crippen molar-refractivity contribution in [1.29, 1.82) is 0 Å². The van der Waals surface area contributed by atoms with E-state index in [1.807, 2.05) is 12.1 Å². The largest absolute Gasteiger partial charge is 0.387 e. The molecule has 0 aliphatic carbocycles. The van der Waals surface area contributed by atoms with E-state index in [1.165, 1.54) is 6.08 Å². The number of carbonyl (C=O) groups is 1. The van der Waals surface area contributed by atoms with Gasteiger partial charge in [-0.3, -0.25) is 4.79 Å². The summed E-state index contributed by atoms with van der Waals surface area (Å²) in [5, 5.41) is 3.58. The Kier molecular flexibility index (Phi) is 3.54. The van der Waals surface area contributed by atoms with Gasteiger partial charge in [0.1, 0.15) is 0 Å². The van der Waals surface area contributed by atoms with Gasteiger partial charge in [0.25, 0.3) is 0 Å². The number of hydrogen-bond acceptors (Lipinski definition) is 2. The predicted molar refractivity (Wildman–Crippen MR) is 59.2 cm³/mol. The molecule has 0 heterocycles. The van der Waals surface area contributed by atoms with Gasteiger partial charge in [-0.25, -0.2) is 0 Å². The Balaban J connectivity index is 2.95. The standard InChI is InChI=1S/C10H11ClN2O/c1-13-9-6-7(2-4-8(9)11)3-5-10(12)14/h2-6,13H,1H3,(H2,12,14)/b5-3+. The first-order valence-electron chi connectivity index (χ1n) is 4.08. The molecule has 0 unspecified atom stereocenters. The molecule has 0 atom stereocenters. The van der Waals surface area contributed by atoms with Crippen molar-refractivity contribution in [3.8, 4) is 0 Å². The molecule has 0 radical (unpaired) electrons. The zero-order valence-electron chi connectivity index (χ0n) is 7.75. The number of halogens is 1. The second-order valence-corrected chi connectivity index (χ2v) is 3.13. The second-order valence-electron chi connectivity index (χ2n) is 2.72. The Labute approximate surface area is 87.6 Å². The fourth-order valence-corrected chi connectivity index (χ4v) is 1.23. The fourth-order valence-electron chi connectivity index (χ4n) is 1.02. The van der Waals surface area contributed by atoms with Gasteiger partial charge >= 0.3 is 0 Å². The highest BCUT2D eigenvalue weighted by molar-refractivity contribution is 6.33. The molecular formula is C10H11ClN2O. The van der Waals surface area contributed by atoms with Gasteiger partial charge in [0.2, 0.25) is 5.91 Å². The van der Waals surface area contributed by atoms with Crippen LogP contribution in [0.4, 0.5) is 5.69 Å². The summed E-state index contributed by atoms with van der Waals surface area (Å²) in [6.45, 7) is 0. The van der Waals surface area contributed by atoms with E-state index in [4.69, 9.17) is 17.3 Å². The molecule has 0 aromatic heterocycles. The van der Waals surface area contributed by atoms with Crippen molar-refractivity contribution in [2.24, 2.45) is 5.73 Å². The molecule has 1 aromatic rings. The van der Waals surface area contributed by atoms with Crippen molar-refractivity contribution in [2.45, 2.75) is 0 Å². The van der Waals surface area contributed by atoms with Crippen LogP contribution in [0.2, 0.25) is 5.02 Å². The Hall–Kier alpha value is -1.48. The molecule has 0 aliphatic heterocycles. The van der Waals surface area contributed by atoms with Crippen molar-refractivity contribution in [1.82, 2.24) is 0 Å². The third-order valence-corrected chi connectivity index (χ3v) is 2.03. The van der Waals surface area contributed by atoms with Crippen molar-refractivity contribution >= 4 is 29.3 Å². The Morgan fingerprint density at radius 2 is 2.29 bits per heavy atom. The van der Waals surface area contributed by atoms with Crippen molar-refractivity contribution in [3.05, 3.63) is 34.9 Å². The zero-order valence-corrected chi connectivity index (χ0v) is 8.51. The van der Waals surface area contributed by atoms with E-state index in [-0.39, 0.29) is 0 Å². The summed E-state index contributed by atoms with van der Waals surface area (Å²) >= 11 is 5.88. The first kappa shape index (κ1) is 10.6. The van der Waals surface area contributed by atoms with Crippen LogP contribution in [0.5, 0.6) is 0 Å². The molecule has 1 aromatic carbocycles. The number of benzene rings is 1. The smallest absolute Gasteiger partial charge is 0.241 e. The molecule has 0 saturated carbocycles. The van der Waals surface area contributed by atoms with E-state index in [2.05, 4.69) is 5.32 Å². The lowest BCUT2D eigenvalue weighted by Crippen LogP contribution is -2.05. The normalized spacial score (nSPS) is 10.4. The predicted octanol–water partition coefficient (Wildman–Crippen LogP) is 1.88. The molecule has 4 heteroatoms. The lowest BCUT2D eigenvalue weighted by Gasteiger charge is -2.03. The molecule has 0 bridgehead atoms. The number of primary amides is 1. The molecule has 0 fully saturated rings. The highest BCUT2D eigenvalue weighted by Crippen LogP contribution is 2.22. The third-order valence-electron chi connectivity index (χ3n) is 1.70. The van der Waals surface area contributed by atoms with Gasteiger partial charge in [0.05, 0.1) is 10.7 Å². The Morgan fingerprint density at radius 1 is 1.57 bits per heavy atom. The topological polar surface area (TPSA) is 55.1 Å². The summed E-state index contributed by atoms with van der Waals surface area (Å²) in [6, 6.07) is 5.40. The van der Waals surface area contributed by atoms with Gasteiger partial charge in [0, 0.05) is 13.1 Å². The number of rotatable bonds is 3. The second kappa shape index (κ2) is 4.67. The Bertz CT molecular complexity index is 374. The third kappa shape index (κ3) is 2.78.